The smallest absolute Gasteiger partial charge is 0.333 e. The van der Waals surface area contributed by atoms with Gasteiger partial charge in [-0.2, -0.15) is 0 Å². The highest BCUT2D eigenvalue weighted by Crippen LogP contribution is 2.37. The van der Waals surface area contributed by atoms with Gasteiger partial charge in [-0.15, -0.1) is 0 Å². The molecule has 1 aliphatic carbocycles. The van der Waals surface area contributed by atoms with Crippen molar-refractivity contribution in [2.24, 2.45) is 5.92 Å². The highest BCUT2D eigenvalue weighted by atomic mass is 16.6. The normalized spacial score (nSPS) is 27.0. The van der Waals surface area contributed by atoms with Crippen molar-refractivity contribution in [1.82, 2.24) is 0 Å². The van der Waals surface area contributed by atoms with Crippen molar-refractivity contribution < 1.29 is 29.3 Å². The lowest BCUT2D eigenvalue weighted by Crippen LogP contribution is -2.50. The summed E-state index contributed by atoms with van der Waals surface area (Å²) in [4.78, 5) is 25.2. The molecule has 1 rings (SSSR count). The molecular weight excluding hydrogens is 396 g/mol. The maximum atomic E-state index is 12.6. The average Bonchev–Trinajstić information content (AvgIpc) is 2.68. The van der Waals surface area contributed by atoms with Crippen LogP contribution in [0.25, 0.3) is 0 Å². The third-order valence-electron chi connectivity index (χ3n) is 5.84. The molecule has 174 valence electrons. The fourth-order valence-electron chi connectivity index (χ4n) is 3.66. The minimum atomic E-state index is -1.37. The van der Waals surface area contributed by atoms with Crippen molar-refractivity contribution in [3.63, 3.8) is 0 Å². The van der Waals surface area contributed by atoms with E-state index in [4.69, 9.17) is 9.47 Å². The predicted molar refractivity (Wildman–Crippen MR) is 121 cm³/mol. The number of hydrogen-bond acceptors (Lipinski definition) is 6. The fourth-order valence-corrected chi connectivity index (χ4v) is 3.66. The van der Waals surface area contributed by atoms with E-state index in [9.17, 15) is 19.8 Å². The molecule has 0 spiro atoms. The van der Waals surface area contributed by atoms with E-state index in [-0.39, 0.29) is 12.8 Å². The van der Waals surface area contributed by atoms with Gasteiger partial charge < -0.3 is 19.7 Å². The van der Waals surface area contributed by atoms with Gasteiger partial charge in [-0.25, -0.2) is 9.59 Å². The zero-order valence-electron chi connectivity index (χ0n) is 19.7. The lowest BCUT2D eigenvalue weighted by molar-refractivity contribution is -0.171. The van der Waals surface area contributed by atoms with Gasteiger partial charge in [0.1, 0.15) is 12.2 Å². The average molecular weight is 435 g/mol. The summed E-state index contributed by atoms with van der Waals surface area (Å²) >= 11 is 0. The van der Waals surface area contributed by atoms with E-state index in [1.54, 1.807) is 53.7 Å². The van der Waals surface area contributed by atoms with Crippen molar-refractivity contribution in [3.05, 3.63) is 47.6 Å². The Kier molecular flexibility index (Phi) is 9.91. The number of hydrogen-bond donors (Lipinski definition) is 2. The van der Waals surface area contributed by atoms with Crippen LogP contribution in [-0.4, -0.2) is 46.1 Å². The third-order valence-corrected chi connectivity index (χ3v) is 5.84. The lowest BCUT2D eigenvalue weighted by Gasteiger charge is -2.41. The first kappa shape index (κ1) is 26.9. The van der Waals surface area contributed by atoms with Gasteiger partial charge in [0.15, 0.2) is 0 Å². The quantitative estimate of drug-likeness (QED) is 0.383. The number of ether oxygens (including phenoxy) is 2. The van der Waals surface area contributed by atoms with Gasteiger partial charge >= 0.3 is 11.9 Å². The Bertz CT molecular complexity index is 752. The summed E-state index contributed by atoms with van der Waals surface area (Å²) < 4.78 is 11.6. The van der Waals surface area contributed by atoms with Crippen LogP contribution in [0, 0.1) is 5.92 Å². The summed E-state index contributed by atoms with van der Waals surface area (Å²) in [5.41, 5.74) is 0.757. The van der Waals surface area contributed by atoms with Crippen molar-refractivity contribution in [3.8, 4) is 0 Å². The molecule has 0 aromatic heterocycles. The minimum Gasteiger partial charge on any atom is -0.458 e. The fraction of sp³-hybridized carbons (Fsp3) is 0.600. The van der Waals surface area contributed by atoms with E-state index in [1.165, 1.54) is 0 Å². The maximum Gasteiger partial charge on any atom is 0.333 e. The number of esters is 2. The molecule has 0 bridgehead atoms. The summed E-state index contributed by atoms with van der Waals surface area (Å²) in [6.45, 7) is 18.0. The molecule has 0 amide bonds. The first-order chi connectivity index (χ1) is 14.3. The van der Waals surface area contributed by atoms with Crippen LogP contribution in [0.4, 0.5) is 0 Å². The Morgan fingerprint density at radius 1 is 1.00 bits per heavy atom. The van der Waals surface area contributed by atoms with E-state index >= 15 is 0 Å². The second-order valence-electron chi connectivity index (χ2n) is 8.88. The van der Waals surface area contributed by atoms with Crippen LogP contribution in [0.1, 0.15) is 67.2 Å². The van der Waals surface area contributed by atoms with Gasteiger partial charge in [-0.05, 0) is 60.0 Å². The number of allylic oxidation sites excluding steroid dienone is 2. The summed E-state index contributed by atoms with van der Waals surface area (Å²) in [6, 6.07) is 0. The molecule has 2 N–H and O–H groups in total. The molecule has 6 nitrogen and oxygen atoms in total. The topological polar surface area (TPSA) is 93.1 Å². The standard InChI is InChI=1S/C25H38O6/c1-9-16(4)23(27)30-20-13-15(3)11-12-19(26)18(6)14-21(22(20)25(7,8)29)31-24(28)17(5)10-2/h9-10,19-22,26,29H,3,6,11-14H2,1-2,4-5,7-8H3/t19-,20-,21-,22+/m1/s1. The first-order valence-electron chi connectivity index (χ1n) is 10.7. The molecule has 1 aliphatic rings. The minimum absolute atomic E-state index is 0.141. The molecule has 0 aliphatic heterocycles. The number of rotatable bonds is 5. The van der Waals surface area contributed by atoms with E-state index in [0.717, 1.165) is 5.57 Å². The van der Waals surface area contributed by atoms with Crippen molar-refractivity contribution in [2.75, 3.05) is 0 Å². The number of carbonyl (C=O) groups excluding carboxylic acids is 2. The van der Waals surface area contributed by atoms with E-state index in [1.807, 2.05) is 0 Å². The predicted octanol–water partition coefficient (Wildman–Crippen LogP) is 4.18. The molecule has 0 radical (unpaired) electrons. The molecule has 0 aromatic carbocycles. The summed E-state index contributed by atoms with van der Waals surface area (Å²) in [5.74, 6) is -1.80. The zero-order chi connectivity index (χ0) is 23.9. The molecule has 6 heteroatoms. The van der Waals surface area contributed by atoms with E-state index in [2.05, 4.69) is 13.2 Å². The summed E-state index contributed by atoms with van der Waals surface area (Å²) in [5, 5.41) is 21.6. The molecule has 4 atom stereocenters. The van der Waals surface area contributed by atoms with E-state index in [0.29, 0.717) is 29.6 Å². The Labute approximate surface area is 186 Å². The molecule has 31 heavy (non-hydrogen) atoms. The van der Waals surface area contributed by atoms with Gasteiger partial charge in [-0.3, -0.25) is 0 Å². The molecular formula is C25H38O6. The van der Waals surface area contributed by atoms with Crippen molar-refractivity contribution in [2.45, 2.75) is 91.1 Å². The molecule has 1 fully saturated rings. The SMILES string of the molecule is C=C1CC[C@@H](O)C(=C)C[C@@H](OC(=O)C(C)=CC)[C@@H](C(C)(C)O)[C@H](OC(=O)C(C)=CC)C1. The van der Waals surface area contributed by atoms with Crippen LogP contribution in [0.15, 0.2) is 47.6 Å². The first-order valence-corrected chi connectivity index (χ1v) is 10.7. The molecule has 0 saturated heterocycles. The molecule has 0 heterocycles. The van der Waals surface area contributed by atoms with Gasteiger partial charge in [-0.1, -0.05) is 30.9 Å². The Balaban J connectivity index is 3.50. The highest BCUT2D eigenvalue weighted by molar-refractivity contribution is 5.88. The molecule has 0 aromatic rings. The van der Waals surface area contributed by atoms with Gasteiger partial charge in [0.2, 0.25) is 0 Å². The zero-order valence-corrected chi connectivity index (χ0v) is 19.7. The highest BCUT2D eigenvalue weighted by Gasteiger charge is 2.45. The van der Waals surface area contributed by atoms with Crippen LogP contribution in [0.3, 0.4) is 0 Å². The third kappa shape index (κ3) is 7.78. The van der Waals surface area contributed by atoms with E-state index < -0.39 is 41.8 Å². The van der Waals surface area contributed by atoms with Gasteiger partial charge in [0.25, 0.3) is 0 Å². The van der Waals surface area contributed by atoms with Crippen molar-refractivity contribution >= 4 is 11.9 Å². The Hall–Kier alpha value is -2.18. The van der Waals surface area contributed by atoms with Crippen LogP contribution >= 0.6 is 0 Å². The summed E-state index contributed by atoms with van der Waals surface area (Å²) in [6.07, 6.45) is 2.25. The number of aliphatic hydroxyl groups is 2. The van der Waals surface area contributed by atoms with Gasteiger partial charge in [0, 0.05) is 24.0 Å². The van der Waals surface area contributed by atoms with Crippen LogP contribution in [0.5, 0.6) is 0 Å². The Morgan fingerprint density at radius 2 is 1.45 bits per heavy atom. The van der Waals surface area contributed by atoms with Crippen LogP contribution in [-0.2, 0) is 19.1 Å². The van der Waals surface area contributed by atoms with Crippen LogP contribution in [0.2, 0.25) is 0 Å². The largest absolute Gasteiger partial charge is 0.458 e. The number of carbonyl (C=O) groups is 2. The summed E-state index contributed by atoms with van der Waals surface area (Å²) in [7, 11) is 0. The molecule has 1 saturated carbocycles. The number of aliphatic hydroxyl groups excluding tert-OH is 1. The second-order valence-corrected chi connectivity index (χ2v) is 8.88. The maximum absolute atomic E-state index is 12.6. The van der Waals surface area contributed by atoms with Gasteiger partial charge in [0.05, 0.1) is 17.6 Å². The second kappa shape index (κ2) is 11.4. The Morgan fingerprint density at radius 3 is 1.87 bits per heavy atom. The lowest BCUT2D eigenvalue weighted by atomic mass is 9.75. The van der Waals surface area contributed by atoms with Crippen molar-refractivity contribution in [1.29, 1.82) is 0 Å². The monoisotopic (exact) mass is 434 g/mol. The molecule has 0 unspecified atom stereocenters. The van der Waals surface area contributed by atoms with Crippen LogP contribution < -0.4 is 0 Å².